The van der Waals surface area contributed by atoms with E-state index < -0.39 is 4.92 Å². The summed E-state index contributed by atoms with van der Waals surface area (Å²) in [7, 11) is 0. The van der Waals surface area contributed by atoms with Crippen LogP contribution in [0, 0.1) is 10.1 Å². The molecule has 106 valence electrons. The molecule has 1 aromatic carbocycles. The summed E-state index contributed by atoms with van der Waals surface area (Å²) in [5.41, 5.74) is 1.54. The zero-order chi connectivity index (χ0) is 14.7. The van der Waals surface area contributed by atoms with Gasteiger partial charge in [0.05, 0.1) is 17.2 Å². The zero-order valence-electron chi connectivity index (χ0n) is 11.2. The van der Waals surface area contributed by atoms with Crippen LogP contribution in [0.25, 0.3) is 0 Å². The van der Waals surface area contributed by atoms with Crippen molar-refractivity contribution < 1.29 is 4.92 Å². The van der Waals surface area contributed by atoms with Crippen molar-refractivity contribution >= 4 is 27.3 Å². The molecule has 0 saturated carbocycles. The Morgan fingerprint density at radius 1 is 1.55 bits per heavy atom. The summed E-state index contributed by atoms with van der Waals surface area (Å²) in [4.78, 5) is 10.7. The molecule has 0 fully saturated rings. The molecule has 2 rings (SSSR count). The Kier molecular flexibility index (Phi) is 4.39. The molecule has 6 nitrogen and oxygen atoms in total. The Hall–Kier alpha value is -1.89. The number of rotatable bonds is 5. The fourth-order valence-electron chi connectivity index (χ4n) is 1.87. The molecule has 0 amide bonds. The van der Waals surface area contributed by atoms with Crippen LogP contribution in [0.15, 0.2) is 35.1 Å². The summed E-state index contributed by atoms with van der Waals surface area (Å²) < 4.78 is 2.50. The SMILES string of the molecule is CCn1cc(C(C)Nc2ccc(Br)cc2[N+](=O)[O-])cn1. The number of nitrogens with one attached hydrogen (secondary N) is 1. The number of aromatic nitrogens is 2. The third-order valence-corrected chi connectivity index (χ3v) is 3.50. The summed E-state index contributed by atoms with van der Waals surface area (Å²) in [6.07, 6.45) is 3.70. The first-order valence-electron chi connectivity index (χ1n) is 6.24. The number of nitrogens with zero attached hydrogens (tertiary/aromatic N) is 3. The molecule has 1 atom stereocenters. The average Bonchev–Trinajstić information content (AvgIpc) is 2.89. The lowest BCUT2D eigenvalue weighted by Gasteiger charge is -2.13. The van der Waals surface area contributed by atoms with Crippen LogP contribution in [-0.2, 0) is 6.54 Å². The molecule has 0 aliphatic carbocycles. The smallest absolute Gasteiger partial charge is 0.293 e. The van der Waals surface area contributed by atoms with E-state index in [0.717, 1.165) is 12.1 Å². The first-order chi connectivity index (χ1) is 9.51. The minimum Gasteiger partial charge on any atom is -0.373 e. The quantitative estimate of drug-likeness (QED) is 0.665. The highest BCUT2D eigenvalue weighted by atomic mass is 79.9. The molecule has 0 radical (unpaired) electrons. The van der Waals surface area contributed by atoms with Crippen molar-refractivity contribution in [3.05, 3.63) is 50.7 Å². The lowest BCUT2D eigenvalue weighted by atomic mass is 10.1. The van der Waals surface area contributed by atoms with Crippen molar-refractivity contribution in [1.82, 2.24) is 9.78 Å². The molecule has 0 aliphatic heterocycles. The number of aryl methyl sites for hydroxylation is 1. The molecule has 1 aromatic heterocycles. The average molecular weight is 339 g/mol. The molecule has 0 spiro atoms. The Morgan fingerprint density at radius 2 is 2.30 bits per heavy atom. The molecule has 0 bridgehead atoms. The number of hydrogen-bond donors (Lipinski definition) is 1. The van der Waals surface area contributed by atoms with Crippen LogP contribution >= 0.6 is 15.9 Å². The second kappa shape index (κ2) is 6.04. The van der Waals surface area contributed by atoms with Crippen molar-refractivity contribution in [2.24, 2.45) is 0 Å². The van der Waals surface area contributed by atoms with E-state index in [2.05, 4.69) is 26.3 Å². The van der Waals surface area contributed by atoms with Gasteiger partial charge in [-0.3, -0.25) is 14.8 Å². The minimum atomic E-state index is -0.394. The van der Waals surface area contributed by atoms with E-state index in [0.29, 0.717) is 10.2 Å². The van der Waals surface area contributed by atoms with Crippen LogP contribution in [-0.4, -0.2) is 14.7 Å². The normalized spacial score (nSPS) is 12.2. The van der Waals surface area contributed by atoms with Crippen molar-refractivity contribution in [2.75, 3.05) is 5.32 Å². The number of nitro benzene ring substituents is 1. The van der Waals surface area contributed by atoms with Gasteiger partial charge in [-0.2, -0.15) is 5.10 Å². The van der Waals surface area contributed by atoms with Gasteiger partial charge in [0.1, 0.15) is 5.69 Å². The summed E-state index contributed by atoms with van der Waals surface area (Å²) >= 11 is 3.24. The number of anilines is 1. The van der Waals surface area contributed by atoms with Gasteiger partial charge in [-0.1, -0.05) is 15.9 Å². The lowest BCUT2D eigenvalue weighted by molar-refractivity contribution is -0.384. The Morgan fingerprint density at radius 3 is 2.90 bits per heavy atom. The monoisotopic (exact) mass is 338 g/mol. The van der Waals surface area contributed by atoms with Crippen molar-refractivity contribution in [2.45, 2.75) is 26.4 Å². The van der Waals surface area contributed by atoms with E-state index in [9.17, 15) is 10.1 Å². The van der Waals surface area contributed by atoms with Crippen molar-refractivity contribution in [3.63, 3.8) is 0 Å². The van der Waals surface area contributed by atoms with Crippen LogP contribution in [0.3, 0.4) is 0 Å². The summed E-state index contributed by atoms with van der Waals surface area (Å²) in [6, 6.07) is 4.90. The van der Waals surface area contributed by atoms with Crippen LogP contribution in [0.2, 0.25) is 0 Å². The molecule has 0 aliphatic rings. The molecular formula is C13H15BrN4O2. The van der Waals surface area contributed by atoms with Crippen LogP contribution in [0.5, 0.6) is 0 Å². The molecule has 20 heavy (non-hydrogen) atoms. The van der Waals surface area contributed by atoms with Gasteiger partial charge in [0.15, 0.2) is 0 Å². The predicted molar refractivity (Wildman–Crippen MR) is 80.7 cm³/mol. The van der Waals surface area contributed by atoms with E-state index in [1.54, 1.807) is 18.3 Å². The molecule has 2 aromatic rings. The highest BCUT2D eigenvalue weighted by molar-refractivity contribution is 9.10. The molecule has 1 unspecified atom stereocenters. The fraction of sp³-hybridized carbons (Fsp3) is 0.308. The van der Waals surface area contributed by atoms with E-state index in [1.807, 2.05) is 24.7 Å². The van der Waals surface area contributed by atoms with Crippen LogP contribution in [0.4, 0.5) is 11.4 Å². The second-order valence-electron chi connectivity index (χ2n) is 4.41. The minimum absolute atomic E-state index is 0.0501. The van der Waals surface area contributed by atoms with Gasteiger partial charge in [0.2, 0.25) is 0 Å². The summed E-state index contributed by atoms with van der Waals surface area (Å²) in [5.74, 6) is 0. The van der Waals surface area contributed by atoms with Crippen molar-refractivity contribution in [3.8, 4) is 0 Å². The highest BCUT2D eigenvalue weighted by Crippen LogP contribution is 2.30. The first-order valence-corrected chi connectivity index (χ1v) is 7.03. The predicted octanol–water partition coefficient (Wildman–Crippen LogP) is 3.75. The number of hydrogen-bond acceptors (Lipinski definition) is 4. The molecule has 0 saturated heterocycles. The molecule has 1 N–H and O–H groups in total. The Balaban J connectivity index is 2.23. The van der Waals surface area contributed by atoms with E-state index in [-0.39, 0.29) is 11.7 Å². The standard InChI is InChI=1S/C13H15BrN4O2/c1-3-17-8-10(7-15-17)9(2)16-12-5-4-11(14)6-13(12)18(19)20/h4-9,16H,3H2,1-2H3. The van der Waals surface area contributed by atoms with E-state index in [1.165, 1.54) is 6.07 Å². The molecule has 1 heterocycles. The molecular weight excluding hydrogens is 324 g/mol. The highest BCUT2D eigenvalue weighted by Gasteiger charge is 2.17. The largest absolute Gasteiger partial charge is 0.373 e. The topological polar surface area (TPSA) is 73.0 Å². The van der Waals surface area contributed by atoms with Gasteiger partial charge in [-0.05, 0) is 26.0 Å². The summed E-state index contributed by atoms with van der Waals surface area (Å²) in [6.45, 7) is 4.75. The van der Waals surface area contributed by atoms with Gasteiger partial charge < -0.3 is 5.32 Å². The lowest BCUT2D eigenvalue weighted by Crippen LogP contribution is -2.07. The van der Waals surface area contributed by atoms with E-state index in [4.69, 9.17) is 0 Å². The van der Waals surface area contributed by atoms with E-state index >= 15 is 0 Å². The van der Waals surface area contributed by atoms with Gasteiger partial charge in [0, 0.05) is 28.8 Å². The van der Waals surface area contributed by atoms with Gasteiger partial charge in [-0.25, -0.2) is 0 Å². The number of nitro groups is 1. The van der Waals surface area contributed by atoms with Gasteiger partial charge in [0.25, 0.3) is 5.69 Å². The Bertz CT molecular complexity index is 627. The van der Waals surface area contributed by atoms with Crippen LogP contribution in [0.1, 0.15) is 25.5 Å². The third kappa shape index (κ3) is 3.16. The summed E-state index contributed by atoms with van der Waals surface area (Å²) in [5, 5.41) is 18.4. The maximum atomic E-state index is 11.1. The van der Waals surface area contributed by atoms with Gasteiger partial charge >= 0.3 is 0 Å². The maximum Gasteiger partial charge on any atom is 0.293 e. The fourth-order valence-corrected chi connectivity index (χ4v) is 2.22. The second-order valence-corrected chi connectivity index (χ2v) is 5.33. The van der Waals surface area contributed by atoms with Gasteiger partial charge in [-0.15, -0.1) is 0 Å². The zero-order valence-corrected chi connectivity index (χ0v) is 12.8. The number of benzene rings is 1. The Labute approximate surface area is 125 Å². The van der Waals surface area contributed by atoms with Crippen LogP contribution < -0.4 is 5.32 Å². The third-order valence-electron chi connectivity index (χ3n) is 3.01. The van der Waals surface area contributed by atoms with Crippen molar-refractivity contribution in [1.29, 1.82) is 0 Å². The molecule has 7 heteroatoms. The maximum absolute atomic E-state index is 11.1. The number of halogens is 1. The first kappa shape index (κ1) is 14.5.